The highest BCUT2D eigenvalue weighted by molar-refractivity contribution is 5.79. The fourth-order valence-electron chi connectivity index (χ4n) is 4.06. The second kappa shape index (κ2) is 12.0. The van der Waals surface area contributed by atoms with Crippen LogP contribution in [0.3, 0.4) is 0 Å². The Morgan fingerprint density at radius 3 is 2.56 bits per heavy atom. The van der Waals surface area contributed by atoms with E-state index in [0.717, 1.165) is 38.7 Å². The molecule has 0 aliphatic carbocycles. The zero-order valence-corrected chi connectivity index (χ0v) is 17.7. The van der Waals surface area contributed by atoms with Gasteiger partial charge in [-0.1, -0.05) is 51.1 Å². The van der Waals surface area contributed by atoms with E-state index in [9.17, 15) is 0 Å². The van der Waals surface area contributed by atoms with Crippen molar-refractivity contribution in [3.8, 4) is 0 Å². The van der Waals surface area contributed by atoms with Gasteiger partial charge < -0.3 is 15.5 Å². The average Bonchev–Trinajstić information content (AvgIpc) is 2.73. The first kappa shape index (κ1) is 21.7. The number of hydrogen-bond donors (Lipinski definition) is 2. The first-order valence-electron chi connectivity index (χ1n) is 10.7. The van der Waals surface area contributed by atoms with Gasteiger partial charge in [0.05, 0.1) is 6.04 Å². The van der Waals surface area contributed by atoms with Crippen LogP contribution in [-0.4, -0.2) is 68.6 Å². The predicted molar refractivity (Wildman–Crippen MR) is 116 cm³/mol. The summed E-state index contributed by atoms with van der Waals surface area (Å²) in [4.78, 5) is 9.50. The minimum atomic E-state index is 0.352. The molecule has 2 atom stereocenters. The Bertz CT molecular complexity index is 541. The number of benzene rings is 1. The zero-order chi connectivity index (χ0) is 19.5. The van der Waals surface area contributed by atoms with Crippen molar-refractivity contribution in [2.75, 3.05) is 52.9 Å². The van der Waals surface area contributed by atoms with Crippen LogP contribution in [0.4, 0.5) is 0 Å². The Balaban J connectivity index is 1.90. The summed E-state index contributed by atoms with van der Waals surface area (Å²) >= 11 is 0. The molecule has 1 aromatic carbocycles. The molecule has 5 nitrogen and oxygen atoms in total. The van der Waals surface area contributed by atoms with E-state index in [2.05, 4.69) is 76.5 Å². The van der Waals surface area contributed by atoms with Gasteiger partial charge in [0, 0.05) is 26.7 Å². The lowest BCUT2D eigenvalue weighted by molar-refractivity contribution is 0.183. The third-order valence-electron chi connectivity index (χ3n) is 5.73. The van der Waals surface area contributed by atoms with Crippen LogP contribution in [0.15, 0.2) is 35.3 Å². The molecule has 2 unspecified atom stereocenters. The fourth-order valence-corrected chi connectivity index (χ4v) is 4.06. The van der Waals surface area contributed by atoms with E-state index in [0.29, 0.717) is 12.0 Å². The smallest absolute Gasteiger partial charge is 0.191 e. The Labute approximate surface area is 166 Å². The third-order valence-corrected chi connectivity index (χ3v) is 5.73. The van der Waals surface area contributed by atoms with Crippen molar-refractivity contribution < 1.29 is 0 Å². The van der Waals surface area contributed by atoms with Gasteiger partial charge in [0.2, 0.25) is 0 Å². The van der Waals surface area contributed by atoms with Crippen LogP contribution in [0.25, 0.3) is 0 Å². The number of guanidine groups is 1. The quantitative estimate of drug-likeness (QED) is 0.516. The van der Waals surface area contributed by atoms with Crippen LogP contribution in [0, 0.1) is 5.92 Å². The molecule has 2 N–H and O–H groups in total. The van der Waals surface area contributed by atoms with Gasteiger partial charge in [0.15, 0.2) is 5.96 Å². The lowest BCUT2D eigenvalue weighted by Gasteiger charge is -2.33. The summed E-state index contributed by atoms with van der Waals surface area (Å²) in [5.74, 6) is 1.63. The molecule has 1 fully saturated rings. The maximum Gasteiger partial charge on any atom is 0.191 e. The molecule has 1 saturated heterocycles. The number of hydrogen-bond acceptors (Lipinski definition) is 3. The van der Waals surface area contributed by atoms with Crippen LogP contribution in [0.2, 0.25) is 0 Å². The molecular formula is C22H39N5. The van der Waals surface area contributed by atoms with Crippen molar-refractivity contribution in [3.63, 3.8) is 0 Å². The van der Waals surface area contributed by atoms with E-state index in [1.54, 1.807) is 0 Å². The van der Waals surface area contributed by atoms with E-state index in [-0.39, 0.29) is 0 Å². The summed E-state index contributed by atoms with van der Waals surface area (Å²) in [6, 6.07) is 11.1. The Morgan fingerprint density at radius 1 is 1.19 bits per heavy atom. The Kier molecular flexibility index (Phi) is 9.64. The van der Waals surface area contributed by atoms with E-state index in [1.165, 1.54) is 31.5 Å². The zero-order valence-electron chi connectivity index (χ0n) is 17.7. The molecule has 0 amide bonds. The minimum absolute atomic E-state index is 0.352. The van der Waals surface area contributed by atoms with Gasteiger partial charge in [-0.3, -0.25) is 9.89 Å². The Hall–Kier alpha value is -1.59. The van der Waals surface area contributed by atoms with Crippen molar-refractivity contribution in [1.29, 1.82) is 0 Å². The SMILES string of the molecule is CCN1CCCC(CNC(=NC)NCC(c2ccccc2)N(CC)CC)C1. The van der Waals surface area contributed by atoms with Gasteiger partial charge in [0.1, 0.15) is 0 Å². The molecule has 2 rings (SSSR count). The van der Waals surface area contributed by atoms with E-state index >= 15 is 0 Å². The summed E-state index contributed by atoms with van der Waals surface area (Å²) in [6.07, 6.45) is 2.62. The lowest BCUT2D eigenvalue weighted by atomic mass is 9.98. The molecule has 0 bridgehead atoms. The summed E-state index contributed by atoms with van der Waals surface area (Å²) < 4.78 is 0. The van der Waals surface area contributed by atoms with Crippen molar-refractivity contribution in [1.82, 2.24) is 20.4 Å². The van der Waals surface area contributed by atoms with Crippen LogP contribution < -0.4 is 10.6 Å². The highest BCUT2D eigenvalue weighted by atomic mass is 15.2. The van der Waals surface area contributed by atoms with E-state index < -0.39 is 0 Å². The number of rotatable bonds is 9. The highest BCUT2D eigenvalue weighted by Gasteiger charge is 2.20. The normalized spacial score (nSPS) is 19.9. The molecule has 5 heteroatoms. The largest absolute Gasteiger partial charge is 0.356 e. The second-order valence-corrected chi connectivity index (χ2v) is 7.38. The first-order chi connectivity index (χ1) is 13.2. The monoisotopic (exact) mass is 373 g/mol. The standard InChI is InChI=1S/C22H39N5/c1-5-26-15-11-12-19(18-26)16-24-22(23-4)25-17-21(27(6-2)7-3)20-13-9-8-10-14-20/h8-10,13-14,19,21H,5-7,11-12,15-18H2,1-4H3,(H2,23,24,25). The number of nitrogens with one attached hydrogen (secondary N) is 2. The maximum absolute atomic E-state index is 4.45. The topological polar surface area (TPSA) is 42.9 Å². The molecule has 1 aliphatic rings. The van der Waals surface area contributed by atoms with Gasteiger partial charge in [0.25, 0.3) is 0 Å². The molecule has 0 aromatic heterocycles. The molecular weight excluding hydrogens is 334 g/mol. The summed E-state index contributed by atoms with van der Waals surface area (Å²) in [5.41, 5.74) is 1.36. The molecule has 0 spiro atoms. The molecule has 0 radical (unpaired) electrons. The van der Waals surface area contributed by atoms with Crippen molar-refractivity contribution >= 4 is 5.96 Å². The molecule has 27 heavy (non-hydrogen) atoms. The number of likely N-dealkylation sites (N-methyl/N-ethyl adjacent to an activating group) is 1. The van der Waals surface area contributed by atoms with Crippen LogP contribution in [-0.2, 0) is 0 Å². The summed E-state index contributed by atoms with van der Waals surface area (Å²) in [6.45, 7) is 14.3. The van der Waals surface area contributed by atoms with Gasteiger partial charge in [-0.15, -0.1) is 0 Å². The number of piperidine rings is 1. The number of likely N-dealkylation sites (tertiary alicyclic amines) is 1. The molecule has 1 aromatic rings. The summed E-state index contributed by atoms with van der Waals surface area (Å²) in [7, 11) is 1.86. The first-order valence-corrected chi connectivity index (χ1v) is 10.7. The van der Waals surface area contributed by atoms with Crippen molar-refractivity contribution in [2.24, 2.45) is 10.9 Å². The van der Waals surface area contributed by atoms with Gasteiger partial charge in [-0.25, -0.2) is 0 Å². The van der Waals surface area contributed by atoms with Crippen LogP contribution in [0.1, 0.15) is 45.2 Å². The minimum Gasteiger partial charge on any atom is -0.356 e. The number of nitrogens with zero attached hydrogens (tertiary/aromatic N) is 3. The Morgan fingerprint density at radius 2 is 1.93 bits per heavy atom. The fraction of sp³-hybridized carbons (Fsp3) is 0.682. The predicted octanol–water partition coefficient (Wildman–Crippen LogP) is 2.97. The van der Waals surface area contributed by atoms with Gasteiger partial charge in [-0.2, -0.15) is 0 Å². The molecule has 152 valence electrons. The highest BCUT2D eigenvalue weighted by Crippen LogP contribution is 2.19. The van der Waals surface area contributed by atoms with Crippen LogP contribution >= 0.6 is 0 Å². The molecule has 1 aliphatic heterocycles. The van der Waals surface area contributed by atoms with E-state index in [4.69, 9.17) is 0 Å². The van der Waals surface area contributed by atoms with Crippen molar-refractivity contribution in [3.05, 3.63) is 35.9 Å². The average molecular weight is 374 g/mol. The van der Waals surface area contributed by atoms with Crippen LogP contribution in [0.5, 0.6) is 0 Å². The van der Waals surface area contributed by atoms with Crippen molar-refractivity contribution in [2.45, 2.75) is 39.7 Å². The van der Waals surface area contributed by atoms with Gasteiger partial charge >= 0.3 is 0 Å². The van der Waals surface area contributed by atoms with E-state index in [1.807, 2.05) is 7.05 Å². The second-order valence-electron chi connectivity index (χ2n) is 7.38. The van der Waals surface area contributed by atoms with Gasteiger partial charge in [-0.05, 0) is 50.5 Å². The molecule has 0 saturated carbocycles. The lowest BCUT2D eigenvalue weighted by Crippen LogP contribution is -2.46. The summed E-state index contributed by atoms with van der Waals surface area (Å²) in [5, 5.41) is 7.12. The maximum atomic E-state index is 4.45. The third kappa shape index (κ3) is 6.82. The number of aliphatic imine (C=N–C) groups is 1. The molecule has 1 heterocycles.